The predicted molar refractivity (Wildman–Crippen MR) is 47.5 cm³/mol. The minimum Gasteiger partial charge on any atom is -0.341 e. The van der Waals surface area contributed by atoms with E-state index in [-0.39, 0.29) is 11.4 Å². The van der Waals surface area contributed by atoms with Crippen molar-refractivity contribution < 1.29 is 4.79 Å². The Morgan fingerprint density at radius 1 is 1.67 bits per heavy atom. The maximum Gasteiger partial charge on any atom is 0.222 e. The van der Waals surface area contributed by atoms with Crippen molar-refractivity contribution in [2.45, 2.75) is 25.3 Å². The van der Waals surface area contributed by atoms with E-state index in [4.69, 9.17) is 11.5 Å². The normalized spacial score (nSPS) is 29.4. The Hall–Kier alpha value is -0.610. The van der Waals surface area contributed by atoms with E-state index in [0.29, 0.717) is 19.5 Å². The van der Waals surface area contributed by atoms with Crippen LogP contribution >= 0.6 is 0 Å². The Labute approximate surface area is 72.9 Å². The average Bonchev–Trinajstić information content (AvgIpc) is 2.48. The number of carbonyl (C=O) groups is 1. The molecule has 1 aliphatic heterocycles. The van der Waals surface area contributed by atoms with Gasteiger partial charge in [-0.3, -0.25) is 4.79 Å². The smallest absolute Gasteiger partial charge is 0.222 e. The molecule has 1 amide bonds. The van der Waals surface area contributed by atoms with Gasteiger partial charge in [-0.15, -0.1) is 0 Å². The third kappa shape index (κ3) is 1.76. The standard InChI is InChI=1S/C8H17N3O/c1-2-7(12)11-4-3-8(10,5-9)6-11/h2-6,9-10H2,1H3. The van der Waals surface area contributed by atoms with Crippen LogP contribution in [-0.2, 0) is 4.79 Å². The lowest BCUT2D eigenvalue weighted by atomic mass is 10.0. The largest absolute Gasteiger partial charge is 0.341 e. The second kappa shape index (κ2) is 3.41. The number of hydrogen-bond donors (Lipinski definition) is 2. The van der Waals surface area contributed by atoms with Crippen molar-refractivity contribution in [1.29, 1.82) is 0 Å². The lowest BCUT2D eigenvalue weighted by Crippen LogP contribution is -2.49. The average molecular weight is 171 g/mol. The van der Waals surface area contributed by atoms with Crippen molar-refractivity contribution >= 4 is 5.91 Å². The molecule has 1 rings (SSSR count). The Kier molecular flexibility index (Phi) is 2.69. The van der Waals surface area contributed by atoms with Gasteiger partial charge >= 0.3 is 0 Å². The lowest BCUT2D eigenvalue weighted by molar-refractivity contribution is -0.129. The van der Waals surface area contributed by atoms with E-state index in [1.807, 2.05) is 6.92 Å². The summed E-state index contributed by atoms with van der Waals surface area (Å²) in [7, 11) is 0. The molecular formula is C8H17N3O. The SMILES string of the molecule is CCC(=O)N1CCC(N)(CN)C1. The molecule has 1 aliphatic rings. The van der Waals surface area contributed by atoms with Crippen molar-refractivity contribution in [2.75, 3.05) is 19.6 Å². The second-order valence-corrected chi connectivity index (χ2v) is 3.49. The van der Waals surface area contributed by atoms with Gasteiger partial charge in [0.1, 0.15) is 0 Å². The van der Waals surface area contributed by atoms with E-state index in [1.165, 1.54) is 0 Å². The second-order valence-electron chi connectivity index (χ2n) is 3.49. The summed E-state index contributed by atoms with van der Waals surface area (Å²) < 4.78 is 0. The molecule has 0 radical (unpaired) electrons. The fraction of sp³-hybridized carbons (Fsp3) is 0.875. The summed E-state index contributed by atoms with van der Waals surface area (Å²) in [4.78, 5) is 13.0. The molecule has 1 heterocycles. The van der Waals surface area contributed by atoms with E-state index in [1.54, 1.807) is 4.90 Å². The summed E-state index contributed by atoms with van der Waals surface area (Å²) in [6.45, 7) is 3.71. The fourth-order valence-electron chi connectivity index (χ4n) is 1.50. The summed E-state index contributed by atoms with van der Waals surface area (Å²) in [5.41, 5.74) is 11.1. The zero-order chi connectivity index (χ0) is 9.19. The van der Waals surface area contributed by atoms with Gasteiger partial charge in [-0.2, -0.15) is 0 Å². The monoisotopic (exact) mass is 171 g/mol. The van der Waals surface area contributed by atoms with Crippen molar-refractivity contribution in [1.82, 2.24) is 4.90 Å². The molecule has 0 spiro atoms. The predicted octanol–water partition coefficient (Wildman–Crippen LogP) is -0.715. The Morgan fingerprint density at radius 2 is 2.33 bits per heavy atom. The first-order valence-electron chi connectivity index (χ1n) is 4.38. The van der Waals surface area contributed by atoms with E-state index in [9.17, 15) is 4.79 Å². The van der Waals surface area contributed by atoms with Crippen molar-refractivity contribution in [2.24, 2.45) is 11.5 Å². The number of rotatable bonds is 2. The molecule has 0 aromatic heterocycles. The van der Waals surface area contributed by atoms with Gasteiger partial charge in [0.15, 0.2) is 0 Å². The molecule has 0 aliphatic carbocycles. The van der Waals surface area contributed by atoms with Gasteiger partial charge in [0.05, 0.1) is 0 Å². The van der Waals surface area contributed by atoms with Gasteiger partial charge in [0.2, 0.25) is 5.91 Å². The van der Waals surface area contributed by atoms with Gasteiger partial charge in [-0.1, -0.05) is 6.92 Å². The fourth-order valence-corrected chi connectivity index (χ4v) is 1.50. The van der Waals surface area contributed by atoms with E-state index in [2.05, 4.69) is 0 Å². The number of carbonyl (C=O) groups excluding carboxylic acids is 1. The highest BCUT2D eigenvalue weighted by Crippen LogP contribution is 2.17. The van der Waals surface area contributed by atoms with E-state index < -0.39 is 0 Å². The summed E-state index contributed by atoms with van der Waals surface area (Å²) in [5, 5.41) is 0. The number of nitrogens with zero attached hydrogens (tertiary/aromatic N) is 1. The molecule has 1 atom stereocenters. The molecule has 1 fully saturated rings. The van der Waals surface area contributed by atoms with Crippen LogP contribution in [0.15, 0.2) is 0 Å². The number of nitrogens with two attached hydrogens (primary N) is 2. The molecule has 0 aromatic rings. The van der Waals surface area contributed by atoms with Crippen LogP contribution in [0.2, 0.25) is 0 Å². The lowest BCUT2D eigenvalue weighted by Gasteiger charge is -2.22. The van der Waals surface area contributed by atoms with Crippen LogP contribution in [0.5, 0.6) is 0 Å². The molecule has 1 saturated heterocycles. The Morgan fingerprint density at radius 3 is 2.75 bits per heavy atom. The molecule has 4 N–H and O–H groups in total. The van der Waals surface area contributed by atoms with Crippen LogP contribution < -0.4 is 11.5 Å². The molecular weight excluding hydrogens is 154 g/mol. The van der Waals surface area contributed by atoms with Gasteiger partial charge in [-0.25, -0.2) is 0 Å². The molecule has 70 valence electrons. The van der Waals surface area contributed by atoms with Gasteiger partial charge < -0.3 is 16.4 Å². The highest BCUT2D eigenvalue weighted by Gasteiger charge is 2.34. The quantitative estimate of drug-likeness (QED) is 0.576. The number of likely N-dealkylation sites (tertiary alicyclic amines) is 1. The first-order valence-corrected chi connectivity index (χ1v) is 4.38. The van der Waals surface area contributed by atoms with Gasteiger partial charge in [0, 0.05) is 31.6 Å². The van der Waals surface area contributed by atoms with Crippen LogP contribution in [0, 0.1) is 0 Å². The first kappa shape index (κ1) is 9.48. The van der Waals surface area contributed by atoms with Crippen LogP contribution in [-0.4, -0.2) is 36.0 Å². The third-order valence-corrected chi connectivity index (χ3v) is 2.45. The Balaban J connectivity index is 2.50. The summed E-state index contributed by atoms with van der Waals surface area (Å²) >= 11 is 0. The molecule has 0 bridgehead atoms. The van der Waals surface area contributed by atoms with Crippen LogP contribution in [0.1, 0.15) is 19.8 Å². The zero-order valence-electron chi connectivity index (χ0n) is 7.55. The van der Waals surface area contributed by atoms with Crippen molar-refractivity contribution in [3.05, 3.63) is 0 Å². The number of amides is 1. The molecule has 4 nitrogen and oxygen atoms in total. The highest BCUT2D eigenvalue weighted by atomic mass is 16.2. The van der Waals surface area contributed by atoms with E-state index in [0.717, 1.165) is 13.0 Å². The van der Waals surface area contributed by atoms with Gasteiger partial charge in [0.25, 0.3) is 0 Å². The molecule has 12 heavy (non-hydrogen) atoms. The molecule has 1 unspecified atom stereocenters. The van der Waals surface area contributed by atoms with Crippen molar-refractivity contribution in [3.8, 4) is 0 Å². The maximum absolute atomic E-state index is 11.2. The first-order chi connectivity index (χ1) is 5.61. The summed E-state index contributed by atoms with van der Waals surface area (Å²) in [6, 6.07) is 0. The summed E-state index contributed by atoms with van der Waals surface area (Å²) in [6.07, 6.45) is 1.38. The molecule has 0 saturated carbocycles. The third-order valence-electron chi connectivity index (χ3n) is 2.45. The van der Waals surface area contributed by atoms with E-state index >= 15 is 0 Å². The molecule has 4 heteroatoms. The van der Waals surface area contributed by atoms with Crippen LogP contribution in [0.3, 0.4) is 0 Å². The topological polar surface area (TPSA) is 72.3 Å². The molecule has 0 aromatic carbocycles. The highest BCUT2D eigenvalue weighted by molar-refractivity contribution is 5.76. The summed E-state index contributed by atoms with van der Waals surface area (Å²) in [5.74, 6) is 0.177. The minimum absolute atomic E-state index is 0.177. The Bertz CT molecular complexity index is 183. The minimum atomic E-state index is -0.329. The van der Waals surface area contributed by atoms with Crippen LogP contribution in [0.25, 0.3) is 0 Å². The number of hydrogen-bond acceptors (Lipinski definition) is 3. The van der Waals surface area contributed by atoms with Gasteiger partial charge in [-0.05, 0) is 6.42 Å². The maximum atomic E-state index is 11.2. The van der Waals surface area contributed by atoms with Crippen LogP contribution in [0.4, 0.5) is 0 Å². The van der Waals surface area contributed by atoms with Crippen molar-refractivity contribution in [3.63, 3.8) is 0 Å². The zero-order valence-corrected chi connectivity index (χ0v) is 7.55.